The summed E-state index contributed by atoms with van der Waals surface area (Å²) < 4.78 is 44.8. The van der Waals surface area contributed by atoms with E-state index in [0.717, 1.165) is 50.6 Å². The van der Waals surface area contributed by atoms with Crippen LogP contribution in [-0.2, 0) is 17.4 Å². The molecule has 1 aromatic heterocycles. The van der Waals surface area contributed by atoms with E-state index >= 15 is 0 Å². The highest BCUT2D eigenvalue weighted by Gasteiger charge is 2.30. The molecule has 0 aliphatic heterocycles. The molecule has 1 heterocycles. The first-order chi connectivity index (χ1) is 15.1. The molecule has 0 spiro atoms. The lowest BCUT2D eigenvalue weighted by atomic mass is 10.0. The third-order valence-corrected chi connectivity index (χ3v) is 6.69. The van der Waals surface area contributed by atoms with Gasteiger partial charge in [-0.25, -0.2) is 0 Å². The van der Waals surface area contributed by atoms with Gasteiger partial charge in [-0.15, -0.1) is 11.3 Å². The van der Waals surface area contributed by atoms with Crippen molar-refractivity contribution in [2.75, 3.05) is 0 Å². The van der Waals surface area contributed by atoms with Crippen molar-refractivity contribution >= 4 is 17.3 Å². The predicted molar refractivity (Wildman–Crippen MR) is 120 cm³/mol. The fourth-order valence-corrected chi connectivity index (χ4v) is 4.82. The zero-order chi connectivity index (χ0) is 23.5. The van der Waals surface area contributed by atoms with Crippen molar-refractivity contribution in [3.8, 4) is 16.2 Å². The van der Waals surface area contributed by atoms with Crippen LogP contribution in [0.2, 0.25) is 0 Å². The number of ether oxygens (including phenoxy) is 1. The molecule has 32 heavy (non-hydrogen) atoms. The van der Waals surface area contributed by atoms with Crippen LogP contribution in [-0.4, -0.2) is 11.1 Å². The SMILES string of the molecule is CCC(Oc1ccc(CCC(=O)O)c(C)c1)c1sc(-c2ccc(C(F)(F)F)cc2)cc1C. The molecule has 0 radical (unpaired) electrons. The van der Waals surface area contributed by atoms with Gasteiger partial charge in [-0.1, -0.05) is 25.1 Å². The molecule has 1 atom stereocenters. The van der Waals surface area contributed by atoms with E-state index in [0.29, 0.717) is 12.2 Å². The lowest BCUT2D eigenvalue weighted by Gasteiger charge is -2.18. The van der Waals surface area contributed by atoms with Crippen LogP contribution >= 0.6 is 11.3 Å². The maximum atomic E-state index is 12.8. The smallest absolute Gasteiger partial charge is 0.416 e. The minimum Gasteiger partial charge on any atom is -0.485 e. The second kappa shape index (κ2) is 9.77. The van der Waals surface area contributed by atoms with Gasteiger partial charge in [0.05, 0.1) is 5.56 Å². The maximum absolute atomic E-state index is 12.8. The summed E-state index contributed by atoms with van der Waals surface area (Å²) >= 11 is 1.53. The zero-order valence-electron chi connectivity index (χ0n) is 18.1. The summed E-state index contributed by atoms with van der Waals surface area (Å²) in [7, 11) is 0. The van der Waals surface area contributed by atoms with Gasteiger partial charge in [0.2, 0.25) is 0 Å². The molecule has 0 bridgehead atoms. The van der Waals surface area contributed by atoms with Gasteiger partial charge in [0.15, 0.2) is 0 Å². The standard InChI is InChI=1S/C25H25F3O3S/c1-4-21(31-20-11-7-17(15(2)13-20)8-12-23(29)30)24-16(3)14-22(32-24)18-5-9-19(10-6-18)25(26,27)28/h5-7,9-11,13-14,21H,4,8,12H2,1-3H3,(H,29,30). The van der Waals surface area contributed by atoms with Crippen LogP contribution in [0.4, 0.5) is 13.2 Å². The molecule has 3 nitrogen and oxygen atoms in total. The van der Waals surface area contributed by atoms with Gasteiger partial charge >= 0.3 is 12.1 Å². The Morgan fingerprint density at radius 2 is 1.75 bits per heavy atom. The normalized spacial score (nSPS) is 12.6. The van der Waals surface area contributed by atoms with Crippen molar-refractivity contribution in [1.29, 1.82) is 0 Å². The molecule has 7 heteroatoms. The van der Waals surface area contributed by atoms with Crippen LogP contribution in [0.15, 0.2) is 48.5 Å². The summed E-state index contributed by atoms with van der Waals surface area (Å²) in [5, 5.41) is 8.88. The summed E-state index contributed by atoms with van der Waals surface area (Å²) in [5.41, 5.74) is 3.07. The highest BCUT2D eigenvalue weighted by Crippen LogP contribution is 2.39. The quantitative estimate of drug-likeness (QED) is 0.375. The third kappa shape index (κ3) is 5.71. The second-order valence-electron chi connectivity index (χ2n) is 7.73. The second-order valence-corrected chi connectivity index (χ2v) is 8.81. The van der Waals surface area contributed by atoms with Crippen molar-refractivity contribution in [3.63, 3.8) is 0 Å². The van der Waals surface area contributed by atoms with Crippen molar-refractivity contribution < 1.29 is 27.8 Å². The first kappa shape index (κ1) is 23.9. The predicted octanol–water partition coefficient (Wildman–Crippen LogP) is 7.60. The van der Waals surface area contributed by atoms with E-state index in [1.165, 1.54) is 23.5 Å². The Hall–Kier alpha value is -2.80. The molecule has 0 aliphatic rings. The summed E-state index contributed by atoms with van der Waals surface area (Å²) in [4.78, 5) is 12.7. The number of aryl methyl sites for hydroxylation is 3. The number of hydrogen-bond donors (Lipinski definition) is 1. The summed E-state index contributed by atoms with van der Waals surface area (Å²) in [6, 6.07) is 12.9. The molecule has 0 fully saturated rings. The first-order valence-electron chi connectivity index (χ1n) is 10.3. The molecule has 2 aromatic carbocycles. The van der Waals surface area contributed by atoms with Crippen LogP contribution in [0.3, 0.4) is 0 Å². The topological polar surface area (TPSA) is 46.5 Å². The zero-order valence-corrected chi connectivity index (χ0v) is 18.9. The van der Waals surface area contributed by atoms with Crippen LogP contribution < -0.4 is 4.74 Å². The van der Waals surface area contributed by atoms with Gasteiger partial charge in [0.1, 0.15) is 11.9 Å². The fraction of sp³-hybridized carbons (Fsp3) is 0.320. The minimum atomic E-state index is -4.35. The third-order valence-electron chi connectivity index (χ3n) is 5.32. The highest BCUT2D eigenvalue weighted by molar-refractivity contribution is 7.15. The van der Waals surface area contributed by atoms with E-state index < -0.39 is 17.7 Å². The molecule has 0 aliphatic carbocycles. The van der Waals surface area contributed by atoms with Crippen molar-refractivity contribution in [2.45, 2.75) is 52.3 Å². The summed E-state index contributed by atoms with van der Waals surface area (Å²) in [6.45, 7) is 5.94. The van der Waals surface area contributed by atoms with Gasteiger partial charge in [-0.2, -0.15) is 13.2 Å². The number of hydrogen-bond acceptors (Lipinski definition) is 3. The Bertz CT molecular complexity index is 1080. The number of carboxylic acids is 1. The minimum absolute atomic E-state index is 0.0831. The monoisotopic (exact) mass is 462 g/mol. The van der Waals surface area contributed by atoms with Crippen LogP contribution in [0, 0.1) is 13.8 Å². The Kier molecular flexibility index (Phi) is 7.29. The molecule has 3 rings (SSSR count). The van der Waals surface area contributed by atoms with E-state index in [1.807, 2.05) is 45.0 Å². The number of carbonyl (C=O) groups is 1. The Balaban J connectivity index is 1.79. The first-order valence-corrected chi connectivity index (χ1v) is 11.2. The molecular weight excluding hydrogens is 437 g/mol. The Morgan fingerprint density at radius 1 is 1.06 bits per heavy atom. The number of benzene rings is 2. The van der Waals surface area contributed by atoms with Gasteiger partial charge in [-0.05, 0) is 79.3 Å². The van der Waals surface area contributed by atoms with Gasteiger partial charge < -0.3 is 9.84 Å². The van der Waals surface area contributed by atoms with Crippen LogP contribution in [0.5, 0.6) is 5.75 Å². The van der Waals surface area contributed by atoms with E-state index in [9.17, 15) is 18.0 Å². The summed E-state index contributed by atoms with van der Waals surface area (Å²) in [5.74, 6) is -0.120. The van der Waals surface area contributed by atoms with Crippen molar-refractivity contribution in [3.05, 3.63) is 75.7 Å². The number of carboxylic acid groups (broad SMARTS) is 1. The average Bonchev–Trinajstić information content (AvgIpc) is 3.12. The lowest BCUT2D eigenvalue weighted by molar-refractivity contribution is -0.138. The lowest BCUT2D eigenvalue weighted by Crippen LogP contribution is -2.06. The number of aliphatic carboxylic acids is 1. The average molecular weight is 463 g/mol. The molecule has 0 saturated carbocycles. The highest BCUT2D eigenvalue weighted by atomic mass is 32.1. The Morgan fingerprint density at radius 3 is 2.31 bits per heavy atom. The summed E-state index contributed by atoms with van der Waals surface area (Å²) in [6.07, 6.45) is -3.25. The molecule has 0 amide bonds. The number of thiophene rings is 1. The fourth-order valence-electron chi connectivity index (χ4n) is 3.53. The molecular formula is C25H25F3O3S. The molecule has 3 aromatic rings. The van der Waals surface area contributed by atoms with E-state index in [2.05, 4.69) is 0 Å². The van der Waals surface area contributed by atoms with Crippen molar-refractivity contribution in [2.24, 2.45) is 0 Å². The number of rotatable bonds is 8. The van der Waals surface area contributed by atoms with Gasteiger partial charge in [0, 0.05) is 16.2 Å². The Labute approximate surface area is 189 Å². The van der Waals surface area contributed by atoms with Crippen molar-refractivity contribution in [1.82, 2.24) is 0 Å². The number of halogens is 3. The molecule has 1 unspecified atom stereocenters. The van der Waals surface area contributed by atoms with Crippen LogP contribution in [0.25, 0.3) is 10.4 Å². The van der Waals surface area contributed by atoms with Crippen LogP contribution in [0.1, 0.15) is 53.0 Å². The van der Waals surface area contributed by atoms with E-state index in [-0.39, 0.29) is 12.5 Å². The van der Waals surface area contributed by atoms with Gasteiger partial charge in [-0.3, -0.25) is 4.79 Å². The molecule has 1 N–H and O–H groups in total. The van der Waals surface area contributed by atoms with E-state index in [1.54, 1.807) is 0 Å². The molecule has 0 saturated heterocycles. The van der Waals surface area contributed by atoms with Gasteiger partial charge in [0.25, 0.3) is 0 Å². The van der Waals surface area contributed by atoms with E-state index in [4.69, 9.17) is 9.84 Å². The largest absolute Gasteiger partial charge is 0.485 e. The maximum Gasteiger partial charge on any atom is 0.416 e. The number of alkyl halides is 3. The molecule has 170 valence electrons.